The second-order valence-electron chi connectivity index (χ2n) is 17.2. The average molecular weight is 843 g/mol. The van der Waals surface area contributed by atoms with Crippen molar-refractivity contribution in [3.63, 3.8) is 0 Å². The summed E-state index contributed by atoms with van der Waals surface area (Å²) >= 11 is 0. The summed E-state index contributed by atoms with van der Waals surface area (Å²) in [5, 5.41) is 5.00. The molecule has 1 aliphatic rings. The van der Waals surface area contributed by atoms with Crippen molar-refractivity contribution < 1.29 is 0 Å². The molecule has 12 rings (SSSR count). The second-order valence-corrected chi connectivity index (χ2v) is 17.2. The summed E-state index contributed by atoms with van der Waals surface area (Å²) in [7, 11) is 0. The molecule has 1 heterocycles. The number of fused-ring (bicyclic) bond motifs is 4. The number of allylic oxidation sites excluding steroid dienone is 4. The molecule has 66 heavy (non-hydrogen) atoms. The summed E-state index contributed by atoms with van der Waals surface area (Å²) in [6.45, 7) is 0. The highest BCUT2D eigenvalue weighted by Crippen LogP contribution is 2.46. The predicted molar refractivity (Wildman–Crippen MR) is 281 cm³/mol. The van der Waals surface area contributed by atoms with Crippen molar-refractivity contribution >= 4 is 55.3 Å². The lowest BCUT2D eigenvalue weighted by atomic mass is 9.93. The SMILES string of the molecule is C1=CCCC(n2c3cc(-c4ccccc4)ccc3c3c(-c4cccc(N(c5ccc(-c6cccc7ccccc67)cc5)c5ccccc5-c5ccccc5)c4)cc(-c4ccccc4)cc32)=C1. The summed E-state index contributed by atoms with van der Waals surface area (Å²) in [4.78, 5) is 2.44. The standard InChI is InChI=1S/C64H46N2/c1-5-19-45(20-6-1)50-37-40-59-62(43-50)66(53-28-11-4-12-29-53)63-44-52(46-21-7-2-8-22-46)42-60(64(59)63)51-27-17-30-55(41-51)65(61-34-16-15-32-58(61)48-23-9-3-10-24-48)54-38-35-49(36-39-54)57-33-18-26-47-25-13-14-31-56(47)57/h1-11,13-28,30-44H,12,29H2. The maximum Gasteiger partial charge on any atom is 0.0550 e. The van der Waals surface area contributed by atoms with Crippen molar-refractivity contribution in [3.05, 3.63) is 255 Å². The molecule has 2 heteroatoms. The molecular formula is C64H46N2. The molecule has 0 unspecified atom stereocenters. The lowest BCUT2D eigenvalue weighted by Gasteiger charge is -2.28. The van der Waals surface area contributed by atoms with Gasteiger partial charge in [0.15, 0.2) is 0 Å². The molecule has 0 spiro atoms. The Hall–Kier alpha value is -8.46. The number of para-hydroxylation sites is 1. The Bertz CT molecular complexity index is 3610. The van der Waals surface area contributed by atoms with E-state index in [1.807, 2.05) is 0 Å². The van der Waals surface area contributed by atoms with Crippen molar-refractivity contribution in [3.8, 4) is 55.6 Å². The molecule has 11 aromatic rings. The molecule has 0 fully saturated rings. The van der Waals surface area contributed by atoms with Crippen LogP contribution in [0.3, 0.4) is 0 Å². The minimum absolute atomic E-state index is 0.973. The molecule has 0 radical (unpaired) electrons. The fourth-order valence-corrected chi connectivity index (χ4v) is 10.1. The van der Waals surface area contributed by atoms with Crippen LogP contribution in [0.25, 0.3) is 93.9 Å². The molecule has 10 aromatic carbocycles. The van der Waals surface area contributed by atoms with E-state index in [0.29, 0.717) is 0 Å². The minimum Gasteiger partial charge on any atom is -0.313 e. The van der Waals surface area contributed by atoms with Crippen LogP contribution >= 0.6 is 0 Å². The molecular weight excluding hydrogens is 797 g/mol. The topological polar surface area (TPSA) is 8.17 Å². The van der Waals surface area contributed by atoms with E-state index in [9.17, 15) is 0 Å². The van der Waals surface area contributed by atoms with E-state index in [-0.39, 0.29) is 0 Å². The van der Waals surface area contributed by atoms with E-state index in [4.69, 9.17) is 0 Å². The van der Waals surface area contributed by atoms with Crippen molar-refractivity contribution in [2.45, 2.75) is 12.8 Å². The van der Waals surface area contributed by atoms with Gasteiger partial charge in [-0.25, -0.2) is 0 Å². The molecule has 312 valence electrons. The molecule has 0 atom stereocenters. The number of hydrogen-bond donors (Lipinski definition) is 0. The van der Waals surface area contributed by atoms with E-state index in [1.54, 1.807) is 0 Å². The van der Waals surface area contributed by atoms with E-state index >= 15 is 0 Å². The number of anilines is 3. The molecule has 2 nitrogen and oxygen atoms in total. The van der Waals surface area contributed by atoms with E-state index in [0.717, 1.165) is 35.5 Å². The smallest absolute Gasteiger partial charge is 0.0550 e. The first-order valence-electron chi connectivity index (χ1n) is 23.0. The van der Waals surface area contributed by atoms with Crippen LogP contribution in [0.2, 0.25) is 0 Å². The predicted octanol–water partition coefficient (Wildman–Crippen LogP) is 17.9. The van der Waals surface area contributed by atoms with Gasteiger partial charge in [-0.1, -0.05) is 200 Å². The van der Waals surface area contributed by atoms with Crippen molar-refractivity contribution in [1.29, 1.82) is 0 Å². The van der Waals surface area contributed by atoms with Gasteiger partial charge < -0.3 is 9.47 Å². The van der Waals surface area contributed by atoms with Crippen LogP contribution in [0, 0.1) is 0 Å². The largest absolute Gasteiger partial charge is 0.313 e. The summed E-state index contributed by atoms with van der Waals surface area (Å²) in [6.07, 6.45) is 8.79. The first kappa shape index (κ1) is 39.2. The van der Waals surface area contributed by atoms with Gasteiger partial charge in [-0.15, -0.1) is 0 Å². The molecule has 0 aliphatic heterocycles. The molecule has 0 N–H and O–H groups in total. The molecule has 0 amide bonds. The Kier molecular flexibility index (Phi) is 10.0. The Labute approximate surface area is 386 Å². The first-order valence-corrected chi connectivity index (χ1v) is 23.0. The Morgan fingerprint density at radius 1 is 0.364 bits per heavy atom. The van der Waals surface area contributed by atoms with Crippen LogP contribution in [0.1, 0.15) is 12.8 Å². The fourth-order valence-electron chi connectivity index (χ4n) is 10.1. The highest BCUT2D eigenvalue weighted by atomic mass is 15.1. The van der Waals surface area contributed by atoms with Gasteiger partial charge in [0, 0.05) is 33.4 Å². The Morgan fingerprint density at radius 3 is 1.74 bits per heavy atom. The van der Waals surface area contributed by atoms with Gasteiger partial charge in [0.2, 0.25) is 0 Å². The van der Waals surface area contributed by atoms with Crippen molar-refractivity contribution in [2.24, 2.45) is 0 Å². The Morgan fingerprint density at radius 2 is 0.970 bits per heavy atom. The monoisotopic (exact) mass is 842 g/mol. The molecule has 0 saturated heterocycles. The molecule has 0 saturated carbocycles. The summed E-state index contributed by atoms with van der Waals surface area (Å²) in [5.41, 5.74) is 19.0. The molecule has 1 aromatic heterocycles. The first-order chi connectivity index (χ1) is 32.7. The van der Waals surface area contributed by atoms with Crippen molar-refractivity contribution in [1.82, 2.24) is 4.57 Å². The van der Waals surface area contributed by atoms with Gasteiger partial charge in [-0.2, -0.15) is 0 Å². The Balaban J connectivity index is 1.09. The van der Waals surface area contributed by atoms with Crippen molar-refractivity contribution in [2.75, 3.05) is 4.90 Å². The lowest BCUT2D eigenvalue weighted by Crippen LogP contribution is -2.11. The van der Waals surface area contributed by atoms with Crippen LogP contribution in [0.5, 0.6) is 0 Å². The maximum absolute atomic E-state index is 2.54. The zero-order chi connectivity index (χ0) is 43.8. The quantitative estimate of drug-likeness (QED) is 0.141. The van der Waals surface area contributed by atoms with Crippen LogP contribution in [0.4, 0.5) is 17.1 Å². The number of rotatable bonds is 9. The lowest BCUT2D eigenvalue weighted by molar-refractivity contribution is 0.979. The van der Waals surface area contributed by atoms with E-state index in [2.05, 4.69) is 264 Å². The summed E-state index contributed by atoms with van der Waals surface area (Å²) in [5.74, 6) is 0. The number of benzene rings is 10. The van der Waals surface area contributed by atoms with E-state index in [1.165, 1.54) is 88.3 Å². The number of hydrogen-bond acceptors (Lipinski definition) is 1. The molecule has 0 bridgehead atoms. The molecule has 1 aliphatic carbocycles. The average Bonchev–Trinajstić information content (AvgIpc) is 3.73. The maximum atomic E-state index is 2.54. The summed E-state index contributed by atoms with van der Waals surface area (Å²) < 4.78 is 2.54. The zero-order valence-electron chi connectivity index (χ0n) is 36.6. The normalized spacial score (nSPS) is 12.5. The number of nitrogens with zero attached hydrogens (tertiary/aromatic N) is 2. The van der Waals surface area contributed by atoms with Crippen LogP contribution in [0.15, 0.2) is 255 Å². The highest BCUT2D eigenvalue weighted by Gasteiger charge is 2.23. The third kappa shape index (κ3) is 7.10. The van der Waals surface area contributed by atoms with Gasteiger partial charge in [-0.05, 0) is 128 Å². The van der Waals surface area contributed by atoms with Gasteiger partial charge in [0.1, 0.15) is 0 Å². The second kappa shape index (κ2) is 16.9. The van der Waals surface area contributed by atoms with Gasteiger partial charge in [0.25, 0.3) is 0 Å². The third-order valence-corrected chi connectivity index (χ3v) is 13.2. The zero-order valence-corrected chi connectivity index (χ0v) is 36.6. The number of aromatic nitrogens is 1. The van der Waals surface area contributed by atoms with Crippen LogP contribution < -0.4 is 4.90 Å². The van der Waals surface area contributed by atoms with Crippen LogP contribution in [-0.2, 0) is 0 Å². The van der Waals surface area contributed by atoms with Crippen LogP contribution in [-0.4, -0.2) is 4.57 Å². The highest BCUT2D eigenvalue weighted by molar-refractivity contribution is 6.18. The fraction of sp³-hybridized carbons (Fsp3) is 0.0312. The van der Waals surface area contributed by atoms with Gasteiger partial charge in [-0.3, -0.25) is 0 Å². The third-order valence-electron chi connectivity index (χ3n) is 13.2. The van der Waals surface area contributed by atoms with Gasteiger partial charge >= 0.3 is 0 Å². The summed E-state index contributed by atoms with van der Waals surface area (Å²) in [6, 6.07) is 86.6. The van der Waals surface area contributed by atoms with Gasteiger partial charge in [0.05, 0.1) is 16.7 Å². The minimum atomic E-state index is 0.973. The van der Waals surface area contributed by atoms with E-state index < -0.39 is 0 Å².